The fourth-order valence-electron chi connectivity index (χ4n) is 1.93. The van der Waals surface area contributed by atoms with Crippen LogP contribution in [0.4, 0.5) is 0 Å². The normalized spacial score (nSPS) is 10.9. The van der Waals surface area contributed by atoms with Crippen molar-refractivity contribution in [3.05, 3.63) is 40.9 Å². The van der Waals surface area contributed by atoms with Gasteiger partial charge in [0.1, 0.15) is 5.01 Å². The number of amides is 1. The van der Waals surface area contributed by atoms with Crippen molar-refractivity contribution in [2.45, 2.75) is 32.7 Å². The van der Waals surface area contributed by atoms with E-state index < -0.39 is 0 Å². The number of hydrogen-bond acceptors (Lipinski definition) is 4. The maximum absolute atomic E-state index is 11.5. The van der Waals surface area contributed by atoms with Crippen LogP contribution in [0.2, 0.25) is 0 Å². The molecule has 1 N–H and O–H groups in total. The van der Waals surface area contributed by atoms with Gasteiger partial charge in [0.05, 0.1) is 12.3 Å². The molecule has 0 fully saturated rings. The molecule has 1 aromatic carbocycles. The molecule has 0 aliphatic heterocycles. The average Bonchev–Trinajstić information content (AvgIpc) is 3.01. The highest BCUT2D eigenvalue weighted by atomic mass is 32.1. The van der Waals surface area contributed by atoms with Crippen molar-refractivity contribution in [2.75, 3.05) is 13.7 Å². The van der Waals surface area contributed by atoms with Crippen molar-refractivity contribution < 1.29 is 9.53 Å². The van der Waals surface area contributed by atoms with Crippen molar-refractivity contribution in [1.82, 2.24) is 10.3 Å². The first-order valence-electron chi connectivity index (χ1n) is 7.40. The third-order valence-corrected chi connectivity index (χ3v) is 4.25. The summed E-state index contributed by atoms with van der Waals surface area (Å²) in [4.78, 5) is 16.2. The van der Waals surface area contributed by atoms with E-state index in [-0.39, 0.29) is 5.91 Å². The maximum atomic E-state index is 11.5. The molecule has 0 aliphatic rings. The molecule has 2 rings (SSSR count). The smallest absolute Gasteiger partial charge is 0.222 e. The molecule has 0 radical (unpaired) electrons. The van der Waals surface area contributed by atoms with Crippen LogP contribution in [0, 0.1) is 0 Å². The lowest BCUT2D eigenvalue weighted by atomic mass is 10.1. The van der Waals surface area contributed by atoms with Gasteiger partial charge in [0.25, 0.3) is 0 Å². The van der Waals surface area contributed by atoms with Crippen LogP contribution in [0.25, 0.3) is 10.6 Å². The number of thiazole rings is 1. The maximum Gasteiger partial charge on any atom is 0.222 e. The summed E-state index contributed by atoms with van der Waals surface area (Å²) in [6.45, 7) is 5.29. The number of nitrogens with zero attached hydrogens (tertiary/aromatic N) is 1. The molecule has 2 aromatic rings. The van der Waals surface area contributed by atoms with Gasteiger partial charge in [0.15, 0.2) is 0 Å². The van der Waals surface area contributed by atoms with Gasteiger partial charge in [-0.25, -0.2) is 4.98 Å². The minimum atomic E-state index is 0.00688. The Morgan fingerprint density at radius 2 is 2.05 bits per heavy atom. The van der Waals surface area contributed by atoms with Crippen molar-refractivity contribution in [3.8, 4) is 10.6 Å². The Hall–Kier alpha value is -1.72. The van der Waals surface area contributed by atoms with E-state index >= 15 is 0 Å². The first-order chi connectivity index (χ1) is 10.6. The van der Waals surface area contributed by atoms with E-state index in [1.165, 1.54) is 0 Å². The van der Waals surface area contributed by atoms with E-state index in [4.69, 9.17) is 4.74 Å². The number of methoxy groups -OCH3 is 1. The SMILES string of the molecule is COCCC(=O)NCc1ccc(-c2nc(C(C)C)cs2)cc1. The lowest BCUT2D eigenvalue weighted by Crippen LogP contribution is -2.23. The summed E-state index contributed by atoms with van der Waals surface area (Å²) >= 11 is 1.67. The number of carbonyl (C=O) groups is 1. The minimum absolute atomic E-state index is 0.00688. The molecular weight excluding hydrogens is 296 g/mol. The first-order valence-corrected chi connectivity index (χ1v) is 8.28. The number of ether oxygens (including phenoxy) is 1. The van der Waals surface area contributed by atoms with Gasteiger partial charge in [0.2, 0.25) is 5.91 Å². The van der Waals surface area contributed by atoms with Crippen molar-refractivity contribution >= 4 is 17.2 Å². The molecule has 1 heterocycles. The Kier molecular flexibility index (Phi) is 6.10. The van der Waals surface area contributed by atoms with Crippen LogP contribution in [-0.2, 0) is 16.1 Å². The Bertz CT molecular complexity index is 605. The summed E-state index contributed by atoms with van der Waals surface area (Å²) in [5.41, 5.74) is 3.33. The van der Waals surface area contributed by atoms with Gasteiger partial charge in [-0.15, -0.1) is 11.3 Å². The number of nitrogens with one attached hydrogen (secondary N) is 1. The molecule has 118 valence electrons. The van der Waals surface area contributed by atoms with Gasteiger partial charge in [-0.2, -0.15) is 0 Å². The lowest BCUT2D eigenvalue weighted by Gasteiger charge is -2.06. The van der Waals surface area contributed by atoms with E-state index in [1.54, 1.807) is 18.4 Å². The van der Waals surface area contributed by atoms with Crippen LogP contribution >= 0.6 is 11.3 Å². The van der Waals surface area contributed by atoms with E-state index in [9.17, 15) is 4.79 Å². The molecule has 1 amide bonds. The molecule has 0 unspecified atom stereocenters. The number of carbonyl (C=O) groups excluding carboxylic acids is 1. The van der Waals surface area contributed by atoms with Crippen molar-refractivity contribution in [3.63, 3.8) is 0 Å². The second-order valence-electron chi connectivity index (χ2n) is 5.45. The second kappa shape index (κ2) is 8.06. The minimum Gasteiger partial charge on any atom is -0.384 e. The topological polar surface area (TPSA) is 51.2 Å². The number of rotatable bonds is 7. The van der Waals surface area contributed by atoms with Crippen LogP contribution in [0.5, 0.6) is 0 Å². The summed E-state index contributed by atoms with van der Waals surface area (Å²) in [6, 6.07) is 8.17. The predicted molar refractivity (Wildman–Crippen MR) is 90.0 cm³/mol. The van der Waals surface area contributed by atoms with Crippen molar-refractivity contribution in [2.24, 2.45) is 0 Å². The lowest BCUT2D eigenvalue weighted by molar-refractivity contribution is -0.122. The van der Waals surface area contributed by atoms with Crippen LogP contribution in [0.1, 0.15) is 37.4 Å². The third kappa shape index (κ3) is 4.64. The van der Waals surface area contributed by atoms with Gasteiger partial charge >= 0.3 is 0 Å². The zero-order valence-electron chi connectivity index (χ0n) is 13.3. The van der Waals surface area contributed by atoms with Gasteiger partial charge in [0, 0.05) is 31.0 Å². The van der Waals surface area contributed by atoms with E-state index in [0.717, 1.165) is 21.8 Å². The quantitative estimate of drug-likeness (QED) is 0.849. The molecule has 0 saturated carbocycles. The molecule has 4 nitrogen and oxygen atoms in total. The average molecular weight is 318 g/mol. The number of benzene rings is 1. The summed E-state index contributed by atoms with van der Waals surface area (Å²) in [5.74, 6) is 0.457. The fourth-order valence-corrected chi connectivity index (χ4v) is 2.92. The van der Waals surface area contributed by atoms with E-state index in [2.05, 4.69) is 41.7 Å². The van der Waals surface area contributed by atoms with Gasteiger partial charge in [-0.3, -0.25) is 4.79 Å². The highest BCUT2D eigenvalue weighted by molar-refractivity contribution is 7.13. The summed E-state index contributed by atoms with van der Waals surface area (Å²) in [7, 11) is 1.59. The van der Waals surface area contributed by atoms with Crippen LogP contribution in [-0.4, -0.2) is 24.6 Å². The van der Waals surface area contributed by atoms with Crippen LogP contribution in [0.3, 0.4) is 0 Å². The third-order valence-electron chi connectivity index (χ3n) is 3.34. The Morgan fingerprint density at radius 1 is 1.32 bits per heavy atom. The zero-order valence-corrected chi connectivity index (χ0v) is 14.1. The van der Waals surface area contributed by atoms with E-state index in [0.29, 0.717) is 25.5 Å². The van der Waals surface area contributed by atoms with Crippen molar-refractivity contribution in [1.29, 1.82) is 0 Å². The monoisotopic (exact) mass is 318 g/mol. The summed E-state index contributed by atoms with van der Waals surface area (Å²) in [5, 5.41) is 6.04. The molecule has 5 heteroatoms. The molecule has 0 bridgehead atoms. The molecular formula is C17H22N2O2S. The van der Waals surface area contributed by atoms with E-state index in [1.807, 2.05) is 12.1 Å². The van der Waals surface area contributed by atoms with Crippen LogP contribution < -0.4 is 5.32 Å². The predicted octanol–water partition coefficient (Wildman–Crippen LogP) is 3.59. The molecule has 0 saturated heterocycles. The fraction of sp³-hybridized carbons (Fsp3) is 0.412. The summed E-state index contributed by atoms with van der Waals surface area (Å²) < 4.78 is 4.88. The standard InChI is InChI=1S/C17H22N2O2S/c1-12(2)15-11-22-17(19-15)14-6-4-13(5-7-14)10-18-16(20)8-9-21-3/h4-7,11-12H,8-10H2,1-3H3,(H,18,20). The summed E-state index contributed by atoms with van der Waals surface area (Å²) in [6.07, 6.45) is 0.395. The van der Waals surface area contributed by atoms with Gasteiger partial charge < -0.3 is 10.1 Å². The molecule has 0 aliphatic carbocycles. The highest BCUT2D eigenvalue weighted by Crippen LogP contribution is 2.26. The highest BCUT2D eigenvalue weighted by Gasteiger charge is 2.07. The molecule has 1 aromatic heterocycles. The van der Waals surface area contributed by atoms with Gasteiger partial charge in [-0.05, 0) is 11.5 Å². The zero-order chi connectivity index (χ0) is 15.9. The number of hydrogen-bond donors (Lipinski definition) is 1. The van der Waals surface area contributed by atoms with Crippen LogP contribution in [0.15, 0.2) is 29.6 Å². The largest absolute Gasteiger partial charge is 0.384 e. The first kappa shape index (κ1) is 16.6. The molecule has 0 atom stereocenters. The number of aromatic nitrogens is 1. The Morgan fingerprint density at radius 3 is 2.64 bits per heavy atom. The molecule has 22 heavy (non-hydrogen) atoms. The van der Waals surface area contributed by atoms with Gasteiger partial charge in [-0.1, -0.05) is 38.1 Å². The molecule has 0 spiro atoms. The Balaban J connectivity index is 1.93. The Labute approximate surface area is 135 Å². The second-order valence-corrected chi connectivity index (χ2v) is 6.31.